The normalized spacial score (nSPS) is 11.1. The van der Waals surface area contributed by atoms with Gasteiger partial charge in [-0.3, -0.25) is 9.52 Å². The average Bonchev–Trinajstić information content (AvgIpc) is 2.64. The van der Waals surface area contributed by atoms with Gasteiger partial charge in [0.2, 0.25) is 10.0 Å². The number of anilines is 2. The molecule has 0 fully saturated rings. The van der Waals surface area contributed by atoms with Gasteiger partial charge in [0.25, 0.3) is 5.91 Å². The minimum absolute atomic E-state index is 0.0640. The van der Waals surface area contributed by atoms with Crippen LogP contribution in [-0.4, -0.2) is 34.2 Å². The number of nitrogens with zero attached hydrogens (tertiary/aromatic N) is 1. The SMILES string of the molecule is CCCCS(=O)(=O)Nc1ccc(N(C)C)c(C(=O)NCc2ccccc2)c1. The van der Waals surface area contributed by atoms with Gasteiger partial charge in [-0.05, 0) is 30.2 Å². The Hall–Kier alpha value is -2.54. The lowest BCUT2D eigenvalue weighted by atomic mass is 10.1. The van der Waals surface area contributed by atoms with Crippen molar-refractivity contribution in [2.45, 2.75) is 26.3 Å². The number of rotatable bonds is 9. The molecule has 0 saturated carbocycles. The van der Waals surface area contributed by atoms with E-state index in [9.17, 15) is 13.2 Å². The van der Waals surface area contributed by atoms with E-state index in [0.717, 1.165) is 17.7 Å². The summed E-state index contributed by atoms with van der Waals surface area (Å²) in [6, 6.07) is 14.6. The van der Waals surface area contributed by atoms with Crippen LogP contribution in [0, 0.1) is 0 Å². The highest BCUT2D eigenvalue weighted by Crippen LogP contribution is 2.24. The number of amides is 1. The molecule has 146 valence electrons. The maximum atomic E-state index is 12.7. The highest BCUT2D eigenvalue weighted by molar-refractivity contribution is 7.92. The first-order valence-corrected chi connectivity index (χ1v) is 10.6. The molecule has 0 heterocycles. The van der Waals surface area contributed by atoms with Crippen molar-refractivity contribution in [1.82, 2.24) is 5.32 Å². The Balaban J connectivity index is 2.20. The fourth-order valence-electron chi connectivity index (χ4n) is 2.61. The van der Waals surface area contributed by atoms with E-state index in [-0.39, 0.29) is 11.7 Å². The third kappa shape index (κ3) is 6.29. The molecule has 0 bridgehead atoms. The minimum Gasteiger partial charge on any atom is -0.377 e. The van der Waals surface area contributed by atoms with Gasteiger partial charge in [0, 0.05) is 32.0 Å². The highest BCUT2D eigenvalue weighted by Gasteiger charge is 2.16. The van der Waals surface area contributed by atoms with Crippen LogP contribution in [0.25, 0.3) is 0 Å². The Morgan fingerprint density at radius 1 is 1.07 bits per heavy atom. The average molecular weight is 390 g/mol. The molecule has 2 N–H and O–H groups in total. The van der Waals surface area contributed by atoms with Crippen LogP contribution in [0.15, 0.2) is 48.5 Å². The van der Waals surface area contributed by atoms with Gasteiger partial charge < -0.3 is 10.2 Å². The van der Waals surface area contributed by atoms with Gasteiger partial charge in [-0.2, -0.15) is 0 Å². The zero-order valence-corrected chi connectivity index (χ0v) is 16.8. The van der Waals surface area contributed by atoms with Crippen LogP contribution in [0.5, 0.6) is 0 Å². The molecule has 0 aliphatic heterocycles. The molecular formula is C20H27N3O3S. The molecule has 27 heavy (non-hydrogen) atoms. The van der Waals surface area contributed by atoms with Crippen LogP contribution in [0.4, 0.5) is 11.4 Å². The fraction of sp³-hybridized carbons (Fsp3) is 0.350. The topological polar surface area (TPSA) is 78.5 Å². The van der Waals surface area contributed by atoms with Crippen molar-refractivity contribution in [1.29, 1.82) is 0 Å². The summed E-state index contributed by atoms with van der Waals surface area (Å²) >= 11 is 0. The second-order valence-corrected chi connectivity index (χ2v) is 8.41. The van der Waals surface area contributed by atoms with Crippen molar-refractivity contribution in [3.05, 3.63) is 59.7 Å². The molecule has 0 unspecified atom stereocenters. The molecule has 0 radical (unpaired) electrons. The van der Waals surface area contributed by atoms with E-state index in [1.165, 1.54) is 0 Å². The van der Waals surface area contributed by atoms with Crippen LogP contribution in [0.3, 0.4) is 0 Å². The molecule has 0 aromatic heterocycles. The second kappa shape index (κ2) is 9.41. The number of hydrogen-bond donors (Lipinski definition) is 2. The van der Waals surface area contributed by atoms with Crippen LogP contribution in [-0.2, 0) is 16.6 Å². The minimum atomic E-state index is -3.42. The third-order valence-electron chi connectivity index (χ3n) is 4.06. The standard InChI is InChI=1S/C20H27N3O3S/c1-4-5-13-27(25,26)22-17-11-12-19(23(2)3)18(14-17)20(24)21-15-16-9-7-6-8-10-16/h6-12,14,22H,4-5,13,15H2,1-3H3,(H,21,24). The lowest BCUT2D eigenvalue weighted by Crippen LogP contribution is -2.26. The van der Waals surface area contributed by atoms with Crippen molar-refractivity contribution in [2.75, 3.05) is 29.5 Å². The Labute approximate surface area is 161 Å². The lowest BCUT2D eigenvalue weighted by molar-refractivity contribution is 0.0951. The summed E-state index contributed by atoms with van der Waals surface area (Å²) in [5.74, 6) is -0.189. The van der Waals surface area contributed by atoms with Crippen molar-refractivity contribution in [2.24, 2.45) is 0 Å². The molecule has 2 rings (SSSR count). The first kappa shape index (κ1) is 20.8. The second-order valence-electron chi connectivity index (χ2n) is 6.57. The summed E-state index contributed by atoms with van der Waals surface area (Å²) in [5, 5.41) is 2.89. The fourth-order valence-corrected chi connectivity index (χ4v) is 3.87. The van der Waals surface area contributed by atoms with Crippen LogP contribution >= 0.6 is 0 Å². The predicted molar refractivity (Wildman–Crippen MR) is 111 cm³/mol. The van der Waals surface area contributed by atoms with Crippen molar-refractivity contribution >= 4 is 27.3 Å². The lowest BCUT2D eigenvalue weighted by Gasteiger charge is -2.19. The maximum absolute atomic E-state index is 12.7. The number of unbranched alkanes of at least 4 members (excludes halogenated alkanes) is 1. The van der Waals surface area contributed by atoms with Crippen molar-refractivity contribution < 1.29 is 13.2 Å². The van der Waals surface area contributed by atoms with Gasteiger partial charge in [-0.1, -0.05) is 43.7 Å². The van der Waals surface area contributed by atoms with Crippen LogP contribution < -0.4 is 14.9 Å². The Bertz CT molecular complexity index is 865. The van der Waals surface area contributed by atoms with Crippen LogP contribution in [0.1, 0.15) is 35.7 Å². The summed E-state index contributed by atoms with van der Waals surface area (Å²) < 4.78 is 26.9. The number of hydrogen-bond acceptors (Lipinski definition) is 4. The Morgan fingerprint density at radius 3 is 2.41 bits per heavy atom. The van der Waals surface area contributed by atoms with E-state index in [2.05, 4.69) is 10.0 Å². The molecule has 0 atom stereocenters. The predicted octanol–water partition coefficient (Wildman–Crippen LogP) is 3.22. The van der Waals surface area contributed by atoms with Gasteiger partial charge in [-0.25, -0.2) is 8.42 Å². The van der Waals surface area contributed by atoms with E-state index >= 15 is 0 Å². The molecule has 2 aromatic carbocycles. The molecule has 2 aromatic rings. The molecule has 0 aliphatic rings. The molecule has 0 aliphatic carbocycles. The number of nitrogens with one attached hydrogen (secondary N) is 2. The first-order valence-electron chi connectivity index (χ1n) is 8.96. The molecular weight excluding hydrogens is 362 g/mol. The summed E-state index contributed by atoms with van der Waals surface area (Å²) in [7, 11) is 0.260. The van der Waals surface area contributed by atoms with Crippen molar-refractivity contribution in [3.8, 4) is 0 Å². The van der Waals surface area contributed by atoms with Crippen LogP contribution in [0.2, 0.25) is 0 Å². The summed E-state index contributed by atoms with van der Waals surface area (Å²) in [5.41, 5.74) is 2.53. The van der Waals surface area contributed by atoms with Gasteiger partial charge >= 0.3 is 0 Å². The number of sulfonamides is 1. The summed E-state index contributed by atoms with van der Waals surface area (Å²) in [6.45, 7) is 2.34. The number of carbonyl (C=O) groups excluding carboxylic acids is 1. The number of carbonyl (C=O) groups is 1. The smallest absolute Gasteiger partial charge is 0.253 e. The maximum Gasteiger partial charge on any atom is 0.253 e. The molecule has 6 nitrogen and oxygen atoms in total. The molecule has 0 spiro atoms. The van der Waals surface area contributed by atoms with Gasteiger partial charge in [-0.15, -0.1) is 0 Å². The van der Waals surface area contributed by atoms with E-state index in [1.54, 1.807) is 18.2 Å². The third-order valence-corrected chi connectivity index (χ3v) is 5.43. The van der Waals surface area contributed by atoms with E-state index in [4.69, 9.17) is 0 Å². The summed E-state index contributed by atoms with van der Waals surface area (Å²) in [4.78, 5) is 14.5. The van der Waals surface area contributed by atoms with Gasteiger partial charge in [0.1, 0.15) is 0 Å². The van der Waals surface area contributed by atoms with E-state index in [1.807, 2.05) is 56.3 Å². The van der Waals surface area contributed by atoms with Gasteiger partial charge in [0.05, 0.1) is 11.3 Å². The number of benzene rings is 2. The monoisotopic (exact) mass is 389 g/mol. The largest absolute Gasteiger partial charge is 0.377 e. The van der Waals surface area contributed by atoms with E-state index in [0.29, 0.717) is 24.2 Å². The molecule has 0 saturated heterocycles. The molecule has 1 amide bonds. The summed E-state index contributed by atoms with van der Waals surface area (Å²) in [6.07, 6.45) is 1.39. The molecule has 7 heteroatoms. The quantitative estimate of drug-likeness (QED) is 0.690. The zero-order chi connectivity index (χ0) is 19.9. The zero-order valence-electron chi connectivity index (χ0n) is 16.0. The highest BCUT2D eigenvalue weighted by atomic mass is 32.2. The van der Waals surface area contributed by atoms with E-state index < -0.39 is 10.0 Å². The Kier molecular flexibility index (Phi) is 7.24. The van der Waals surface area contributed by atoms with Crippen molar-refractivity contribution in [3.63, 3.8) is 0 Å². The first-order chi connectivity index (χ1) is 12.8. The Morgan fingerprint density at radius 2 is 1.78 bits per heavy atom. The van der Waals surface area contributed by atoms with Gasteiger partial charge in [0.15, 0.2) is 0 Å².